The lowest BCUT2D eigenvalue weighted by Crippen LogP contribution is -2.32. The van der Waals surface area contributed by atoms with E-state index in [1.807, 2.05) is 31.2 Å². The van der Waals surface area contributed by atoms with E-state index in [-0.39, 0.29) is 18.2 Å². The summed E-state index contributed by atoms with van der Waals surface area (Å²) in [6.45, 7) is 2.89. The van der Waals surface area contributed by atoms with Crippen molar-refractivity contribution in [3.05, 3.63) is 48.0 Å². The number of rotatable bonds is 6. The molecule has 0 spiro atoms. The summed E-state index contributed by atoms with van der Waals surface area (Å²) in [4.78, 5) is 26.3. The normalized spacial score (nSPS) is 16.3. The van der Waals surface area contributed by atoms with Crippen LogP contribution in [0, 0.1) is 0 Å². The maximum absolute atomic E-state index is 12.7. The van der Waals surface area contributed by atoms with Crippen molar-refractivity contribution in [2.24, 2.45) is 0 Å². The molecule has 2 aromatic carbocycles. The van der Waals surface area contributed by atoms with Gasteiger partial charge in [0.15, 0.2) is 0 Å². The van der Waals surface area contributed by atoms with E-state index in [9.17, 15) is 9.59 Å². The molecule has 1 heterocycles. The van der Waals surface area contributed by atoms with E-state index in [0.29, 0.717) is 42.4 Å². The van der Waals surface area contributed by atoms with Gasteiger partial charge in [-0.05, 0) is 36.8 Å². The zero-order valence-electron chi connectivity index (χ0n) is 17.9. The van der Waals surface area contributed by atoms with Crippen LogP contribution in [-0.2, 0) is 9.47 Å². The van der Waals surface area contributed by atoms with Gasteiger partial charge in [-0.15, -0.1) is 0 Å². The molecule has 0 bridgehead atoms. The first kappa shape index (κ1) is 22.2. The van der Waals surface area contributed by atoms with Gasteiger partial charge in [-0.2, -0.15) is 0 Å². The molecular weight excluding hydrogens is 400 g/mol. The number of nitrogens with one attached hydrogen (secondary N) is 2. The minimum Gasteiger partial charge on any atom is -0.495 e. The molecular formula is C22H28N4O5. The number of urea groups is 1. The molecule has 1 aliphatic heterocycles. The number of alkyl carbamates (subject to hydrolysis) is 1. The van der Waals surface area contributed by atoms with E-state index < -0.39 is 6.09 Å². The molecule has 166 valence electrons. The highest BCUT2D eigenvalue weighted by atomic mass is 16.6. The van der Waals surface area contributed by atoms with Crippen LogP contribution in [0.25, 0.3) is 0 Å². The molecule has 9 nitrogen and oxygen atoms in total. The molecule has 0 radical (unpaired) electrons. The zero-order chi connectivity index (χ0) is 22.4. The Kier molecular flexibility index (Phi) is 7.19. The molecule has 0 saturated carbocycles. The van der Waals surface area contributed by atoms with Crippen LogP contribution < -0.4 is 26.0 Å². The summed E-state index contributed by atoms with van der Waals surface area (Å²) in [6.07, 6.45) is 0.00832. The highest BCUT2D eigenvalue weighted by Crippen LogP contribution is 2.26. The quantitative estimate of drug-likeness (QED) is 0.607. The number of methoxy groups -OCH3 is 1. The predicted molar refractivity (Wildman–Crippen MR) is 119 cm³/mol. The molecule has 4 N–H and O–H groups in total. The first-order valence-electron chi connectivity index (χ1n) is 10.0. The third-order valence-corrected chi connectivity index (χ3v) is 5.04. The van der Waals surface area contributed by atoms with Gasteiger partial charge in [-0.1, -0.05) is 12.1 Å². The Labute approximate surface area is 181 Å². The summed E-state index contributed by atoms with van der Waals surface area (Å²) >= 11 is 0. The number of carbonyl (C=O) groups excluding carboxylic acids is 2. The summed E-state index contributed by atoms with van der Waals surface area (Å²) in [5.74, 6) is 0.485. The van der Waals surface area contributed by atoms with Crippen molar-refractivity contribution >= 4 is 29.2 Å². The summed E-state index contributed by atoms with van der Waals surface area (Å²) in [5.41, 5.74) is 8.37. The van der Waals surface area contributed by atoms with Crippen LogP contribution in [0.3, 0.4) is 0 Å². The first-order valence-corrected chi connectivity index (χ1v) is 10.0. The average Bonchev–Trinajstić information content (AvgIpc) is 3.27. The van der Waals surface area contributed by atoms with Crippen LogP contribution in [0.5, 0.6) is 5.75 Å². The number of nitrogen functional groups attached to an aromatic ring is 1. The molecule has 1 unspecified atom stereocenters. The van der Waals surface area contributed by atoms with Gasteiger partial charge in [0.2, 0.25) is 0 Å². The standard InChI is InChI=1S/C22H28N4O5/c1-14(24-22(28)31-18-9-10-30-13-18)15-5-4-6-17(11-15)26(2)21(27)25-16-7-8-19(23)20(12-16)29-3/h4-8,11-12,14,18H,9-10,13,23H2,1-3H3,(H,24,28)(H,25,27)/t14-,18?/m0/s1. The van der Waals surface area contributed by atoms with E-state index in [0.717, 1.165) is 5.56 Å². The lowest BCUT2D eigenvalue weighted by atomic mass is 10.1. The Morgan fingerprint density at radius 3 is 2.77 bits per heavy atom. The number of amides is 3. The fourth-order valence-electron chi connectivity index (χ4n) is 3.17. The maximum atomic E-state index is 12.7. The number of nitrogens with two attached hydrogens (primary N) is 1. The summed E-state index contributed by atoms with van der Waals surface area (Å²) < 4.78 is 15.7. The molecule has 0 aliphatic carbocycles. The SMILES string of the molecule is COc1cc(NC(=O)N(C)c2cccc([C@H](C)NC(=O)OC3CCOC3)c2)ccc1N. The average molecular weight is 428 g/mol. The largest absolute Gasteiger partial charge is 0.495 e. The highest BCUT2D eigenvalue weighted by Gasteiger charge is 2.21. The molecule has 2 atom stereocenters. The third kappa shape index (κ3) is 5.79. The summed E-state index contributed by atoms with van der Waals surface area (Å²) in [6, 6.07) is 11.8. The number of anilines is 3. The van der Waals surface area contributed by atoms with Crippen LogP contribution in [0.2, 0.25) is 0 Å². The number of ether oxygens (including phenoxy) is 3. The van der Waals surface area contributed by atoms with Crippen molar-refractivity contribution in [1.82, 2.24) is 5.32 Å². The van der Waals surface area contributed by atoms with Crippen molar-refractivity contribution in [3.63, 3.8) is 0 Å². The Morgan fingerprint density at radius 2 is 2.06 bits per heavy atom. The van der Waals surface area contributed by atoms with Gasteiger partial charge in [0.05, 0.1) is 32.1 Å². The van der Waals surface area contributed by atoms with E-state index >= 15 is 0 Å². The van der Waals surface area contributed by atoms with E-state index in [4.69, 9.17) is 19.9 Å². The Balaban J connectivity index is 1.62. The minimum atomic E-state index is -0.489. The topological polar surface area (TPSA) is 115 Å². The van der Waals surface area contributed by atoms with Crippen molar-refractivity contribution in [1.29, 1.82) is 0 Å². The second kappa shape index (κ2) is 10.0. The zero-order valence-corrected chi connectivity index (χ0v) is 17.9. The van der Waals surface area contributed by atoms with Gasteiger partial charge >= 0.3 is 12.1 Å². The smallest absolute Gasteiger partial charge is 0.407 e. The fourth-order valence-corrected chi connectivity index (χ4v) is 3.17. The van der Waals surface area contributed by atoms with Gasteiger partial charge in [0, 0.05) is 30.9 Å². The second-order valence-corrected chi connectivity index (χ2v) is 7.30. The third-order valence-electron chi connectivity index (χ3n) is 5.04. The fraction of sp³-hybridized carbons (Fsp3) is 0.364. The van der Waals surface area contributed by atoms with E-state index in [1.54, 1.807) is 25.2 Å². The number of hydrogen-bond donors (Lipinski definition) is 3. The molecule has 9 heteroatoms. The first-order chi connectivity index (χ1) is 14.9. The van der Waals surface area contributed by atoms with Crippen LogP contribution in [0.4, 0.5) is 26.7 Å². The van der Waals surface area contributed by atoms with Crippen LogP contribution in [0.1, 0.15) is 24.9 Å². The number of benzene rings is 2. The molecule has 31 heavy (non-hydrogen) atoms. The van der Waals surface area contributed by atoms with Crippen molar-refractivity contribution in [2.45, 2.75) is 25.5 Å². The van der Waals surface area contributed by atoms with Crippen molar-refractivity contribution < 1.29 is 23.8 Å². The predicted octanol–water partition coefficient (Wildman–Crippen LogP) is 3.52. The van der Waals surface area contributed by atoms with E-state index in [2.05, 4.69) is 10.6 Å². The summed E-state index contributed by atoms with van der Waals surface area (Å²) in [7, 11) is 3.18. The molecule has 3 amide bonds. The highest BCUT2D eigenvalue weighted by molar-refractivity contribution is 6.01. The van der Waals surface area contributed by atoms with Gasteiger partial charge < -0.3 is 30.6 Å². The molecule has 3 rings (SSSR count). The molecule has 1 aliphatic rings. The van der Waals surface area contributed by atoms with Gasteiger partial charge in [-0.3, -0.25) is 4.90 Å². The molecule has 2 aromatic rings. The minimum absolute atomic E-state index is 0.208. The van der Waals surface area contributed by atoms with Crippen LogP contribution in [-0.4, -0.2) is 45.6 Å². The lowest BCUT2D eigenvalue weighted by molar-refractivity contribution is 0.0812. The van der Waals surface area contributed by atoms with Crippen LogP contribution in [0.15, 0.2) is 42.5 Å². The van der Waals surface area contributed by atoms with Gasteiger partial charge in [0.1, 0.15) is 11.9 Å². The Bertz CT molecular complexity index is 930. The van der Waals surface area contributed by atoms with E-state index in [1.165, 1.54) is 12.0 Å². The maximum Gasteiger partial charge on any atom is 0.407 e. The number of carbonyl (C=O) groups is 2. The molecule has 0 aromatic heterocycles. The molecule has 1 saturated heterocycles. The molecule has 1 fully saturated rings. The monoisotopic (exact) mass is 428 g/mol. The Morgan fingerprint density at radius 1 is 1.26 bits per heavy atom. The van der Waals surface area contributed by atoms with Crippen molar-refractivity contribution in [2.75, 3.05) is 43.3 Å². The Hall–Kier alpha value is -3.46. The summed E-state index contributed by atoms with van der Waals surface area (Å²) in [5, 5.41) is 5.63. The van der Waals surface area contributed by atoms with Crippen LogP contribution >= 0.6 is 0 Å². The van der Waals surface area contributed by atoms with Gasteiger partial charge in [-0.25, -0.2) is 9.59 Å². The number of hydrogen-bond acceptors (Lipinski definition) is 6. The lowest BCUT2D eigenvalue weighted by Gasteiger charge is -2.21. The van der Waals surface area contributed by atoms with Crippen molar-refractivity contribution in [3.8, 4) is 5.75 Å². The second-order valence-electron chi connectivity index (χ2n) is 7.30. The number of nitrogens with zero attached hydrogens (tertiary/aromatic N) is 1. The van der Waals surface area contributed by atoms with Gasteiger partial charge in [0.25, 0.3) is 0 Å².